The number of imidazole rings is 1. The first kappa shape index (κ1) is 13.3. The Morgan fingerprint density at radius 2 is 2.25 bits per heavy atom. The number of fused-ring (bicyclic) bond motifs is 1. The van der Waals surface area contributed by atoms with E-state index in [1.807, 2.05) is 17.6 Å². The van der Waals surface area contributed by atoms with Gasteiger partial charge in [-0.05, 0) is 42.4 Å². The Bertz CT molecular complexity index is 853. The van der Waals surface area contributed by atoms with Crippen molar-refractivity contribution in [1.29, 1.82) is 0 Å². The van der Waals surface area contributed by atoms with E-state index in [1.54, 1.807) is 18.5 Å². The summed E-state index contributed by atoms with van der Waals surface area (Å²) in [4.78, 5) is 7.07. The van der Waals surface area contributed by atoms with Gasteiger partial charge in [-0.3, -0.25) is 4.98 Å². The van der Waals surface area contributed by atoms with Crippen LogP contribution in [-0.4, -0.2) is 14.5 Å². The Morgan fingerprint density at radius 1 is 1.45 bits per heavy atom. The third-order valence-corrected chi connectivity index (χ3v) is 3.89. The zero-order chi connectivity index (χ0) is 14.3. The van der Waals surface area contributed by atoms with Gasteiger partial charge in [0, 0.05) is 18.5 Å². The Kier molecular flexibility index (Phi) is 3.31. The molecule has 3 rings (SSSR count). The van der Waals surface area contributed by atoms with Crippen LogP contribution in [-0.2, 0) is 6.54 Å². The largest absolute Gasteiger partial charge is 0.330 e. The number of aryl methyl sites for hydroxylation is 1. The molecule has 3 nitrogen and oxygen atoms in total. The van der Waals surface area contributed by atoms with Gasteiger partial charge in [0.05, 0.1) is 22.6 Å². The average molecular weight is 308 g/mol. The van der Waals surface area contributed by atoms with Gasteiger partial charge < -0.3 is 9.55 Å². The molecule has 0 bridgehead atoms. The predicted octanol–water partition coefficient (Wildman–Crippen LogP) is 4.24. The molecule has 0 aliphatic carbocycles. The Balaban J connectivity index is 2.17. The molecule has 1 N–H and O–H groups in total. The summed E-state index contributed by atoms with van der Waals surface area (Å²) in [6.45, 7) is 2.59. The highest BCUT2D eigenvalue weighted by Gasteiger charge is 2.10. The van der Waals surface area contributed by atoms with Crippen molar-refractivity contribution >= 4 is 34.9 Å². The number of aromatic nitrogens is 3. The molecule has 3 aromatic rings. The predicted molar refractivity (Wildman–Crippen MR) is 80.2 cm³/mol. The molecule has 20 heavy (non-hydrogen) atoms. The molecule has 102 valence electrons. The maximum Gasteiger partial charge on any atom is 0.178 e. The molecule has 1 aromatic carbocycles. The van der Waals surface area contributed by atoms with Crippen molar-refractivity contribution in [2.24, 2.45) is 0 Å². The van der Waals surface area contributed by atoms with Gasteiger partial charge in [-0.25, -0.2) is 4.39 Å². The van der Waals surface area contributed by atoms with Gasteiger partial charge in [-0.15, -0.1) is 0 Å². The van der Waals surface area contributed by atoms with Crippen LogP contribution in [0.2, 0.25) is 5.02 Å². The summed E-state index contributed by atoms with van der Waals surface area (Å²) in [5.41, 5.74) is 3.62. The number of aromatic amines is 1. The third-order valence-electron chi connectivity index (χ3n) is 3.28. The lowest BCUT2D eigenvalue weighted by Crippen LogP contribution is -2.02. The molecular weight excluding hydrogens is 297 g/mol. The van der Waals surface area contributed by atoms with Crippen molar-refractivity contribution in [2.75, 3.05) is 0 Å². The summed E-state index contributed by atoms with van der Waals surface area (Å²) in [7, 11) is 0. The van der Waals surface area contributed by atoms with Crippen molar-refractivity contribution in [3.63, 3.8) is 0 Å². The van der Waals surface area contributed by atoms with Crippen LogP contribution in [0.4, 0.5) is 4.39 Å². The summed E-state index contributed by atoms with van der Waals surface area (Å²) in [6.07, 6.45) is 3.55. The van der Waals surface area contributed by atoms with Gasteiger partial charge in [0.1, 0.15) is 5.82 Å². The molecule has 0 unspecified atom stereocenters. The monoisotopic (exact) mass is 307 g/mol. The molecular formula is C14H11ClFN3S. The topological polar surface area (TPSA) is 33.6 Å². The van der Waals surface area contributed by atoms with E-state index < -0.39 is 5.82 Å². The minimum atomic E-state index is -0.456. The number of nitrogens with zero attached hydrogens (tertiary/aromatic N) is 2. The molecule has 0 atom stereocenters. The SMILES string of the molecule is Cc1cnccc1Cn1c(=S)[nH]c2cc(F)c(Cl)cc21. The fraction of sp³-hybridized carbons (Fsp3) is 0.143. The van der Waals surface area contributed by atoms with Gasteiger partial charge in [0.15, 0.2) is 4.77 Å². The first-order valence-corrected chi connectivity index (χ1v) is 6.82. The normalized spacial score (nSPS) is 11.2. The Hall–Kier alpha value is -1.72. The number of H-pyrrole nitrogens is 1. The van der Waals surface area contributed by atoms with Gasteiger partial charge in [-0.2, -0.15) is 0 Å². The summed E-state index contributed by atoms with van der Waals surface area (Å²) >= 11 is 11.2. The Labute approximate surface area is 125 Å². The number of hydrogen-bond donors (Lipinski definition) is 1. The second-order valence-electron chi connectivity index (χ2n) is 4.60. The summed E-state index contributed by atoms with van der Waals surface area (Å²) in [5, 5.41) is 0.0895. The number of halogens is 2. The first-order chi connectivity index (χ1) is 9.56. The smallest absolute Gasteiger partial charge is 0.178 e. The Morgan fingerprint density at radius 3 is 3.00 bits per heavy atom. The number of hydrogen-bond acceptors (Lipinski definition) is 2. The van der Waals surface area contributed by atoms with Gasteiger partial charge in [0.2, 0.25) is 0 Å². The van der Waals surface area contributed by atoms with Crippen molar-refractivity contribution < 1.29 is 4.39 Å². The maximum atomic E-state index is 13.5. The van der Waals surface area contributed by atoms with Crippen LogP contribution in [0, 0.1) is 17.5 Å². The number of nitrogens with one attached hydrogen (secondary N) is 1. The lowest BCUT2D eigenvalue weighted by molar-refractivity contribution is 0.629. The molecule has 0 fully saturated rings. The molecule has 0 radical (unpaired) electrons. The van der Waals surface area contributed by atoms with Crippen LogP contribution in [0.1, 0.15) is 11.1 Å². The van der Waals surface area contributed by atoms with E-state index >= 15 is 0 Å². The number of benzene rings is 1. The average Bonchev–Trinajstić information content (AvgIpc) is 2.69. The molecule has 0 spiro atoms. The molecule has 2 aromatic heterocycles. The van der Waals surface area contributed by atoms with E-state index in [4.69, 9.17) is 23.8 Å². The first-order valence-electron chi connectivity index (χ1n) is 6.03. The number of pyridine rings is 1. The minimum absolute atomic E-state index is 0.0895. The highest BCUT2D eigenvalue weighted by atomic mass is 35.5. The third kappa shape index (κ3) is 2.23. The van der Waals surface area contributed by atoms with Crippen LogP contribution in [0.3, 0.4) is 0 Å². The van der Waals surface area contributed by atoms with E-state index in [0.717, 1.165) is 16.6 Å². The van der Waals surface area contributed by atoms with Crippen LogP contribution in [0.25, 0.3) is 11.0 Å². The standard InChI is InChI=1S/C14H11ClFN3S/c1-8-6-17-3-2-9(8)7-19-13-4-10(15)11(16)5-12(13)18-14(19)20/h2-6H,7H2,1H3,(H,18,20). The number of rotatable bonds is 2. The zero-order valence-electron chi connectivity index (χ0n) is 10.7. The van der Waals surface area contributed by atoms with E-state index in [-0.39, 0.29) is 5.02 Å². The van der Waals surface area contributed by atoms with Crippen LogP contribution >= 0.6 is 23.8 Å². The van der Waals surface area contributed by atoms with Crippen molar-refractivity contribution in [3.05, 3.63) is 57.3 Å². The molecule has 0 saturated carbocycles. The highest BCUT2D eigenvalue weighted by molar-refractivity contribution is 7.71. The lowest BCUT2D eigenvalue weighted by Gasteiger charge is -2.07. The summed E-state index contributed by atoms with van der Waals surface area (Å²) in [6, 6.07) is 4.90. The molecule has 0 amide bonds. The van der Waals surface area contributed by atoms with Gasteiger partial charge in [-0.1, -0.05) is 11.6 Å². The quantitative estimate of drug-likeness (QED) is 0.718. The van der Waals surface area contributed by atoms with E-state index in [0.29, 0.717) is 16.8 Å². The molecule has 0 aliphatic heterocycles. The van der Waals surface area contributed by atoms with Crippen LogP contribution < -0.4 is 0 Å². The molecule has 0 aliphatic rings. The van der Waals surface area contributed by atoms with Crippen molar-refractivity contribution in [3.8, 4) is 0 Å². The second-order valence-corrected chi connectivity index (χ2v) is 5.40. The molecule has 2 heterocycles. The highest BCUT2D eigenvalue weighted by Crippen LogP contribution is 2.23. The maximum absolute atomic E-state index is 13.5. The fourth-order valence-electron chi connectivity index (χ4n) is 2.16. The van der Waals surface area contributed by atoms with Crippen molar-refractivity contribution in [2.45, 2.75) is 13.5 Å². The van der Waals surface area contributed by atoms with E-state index in [2.05, 4.69) is 9.97 Å². The van der Waals surface area contributed by atoms with Crippen LogP contribution in [0.5, 0.6) is 0 Å². The fourth-order valence-corrected chi connectivity index (χ4v) is 2.59. The van der Waals surface area contributed by atoms with Gasteiger partial charge >= 0.3 is 0 Å². The van der Waals surface area contributed by atoms with Crippen LogP contribution in [0.15, 0.2) is 30.6 Å². The zero-order valence-corrected chi connectivity index (χ0v) is 12.2. The van der Waals surface area contributed by atoms with E-state index in [1.165, 1.54) is 6.07 Å². The van der Waals surface area contributed by atoms with Crippen molar-refractivity contribution in [1.82, 2.24) is 14.5 Å². The summed E-state index contributed by atoms with van der Waals surface area (Å²) in [5.74, 6) is -0.456. The molecule has 0 saturated heterocycles. The summed E-state index contributed by atoms with van der Waals surface area (Å²) < 4.78 is 15.9. The second kappa shape index (κ2) is 5.00. The van der Waals surface area contributed by atoms with Gasteiger partial charge in [0.25, 0.3) is 0 Å². The molecule has 6 heteroatoms. The lowest BCUT2D eigenvalue weighted by atomic mass is 10.1. The van der Waals surface area contributed by atoms with E-state index in [9.17, 15) is 4.39 Å². The minimum Gasteiger partial charge on any atom is -0.330 e.